The van der Waals surface area contributed by atoms with E-state index >= 15 is 0 Å². The van der Waals surface area contributed by atoms with Gasteiger partial charge in [0.1, 0.15) is 23.5 Å². The van der Waals surface area contributed by atoms with Gasteiger partial charge in [0.05, 0.1) is 13.0 Å². The summed E-state index contributed by atoms with van der Waals surface area (Å²) in [5.74, 6) is -0.905. The number of piperidine rings is 1. The molecule has 8 nitrogen and oxygen atoms in total. The van der Waals surface area contributed by atoms with Crippen LogP contribution in [0.25, 0.3) is 0 Å². The van der Waals surface area contributed by atoms with E-state index in [1.807, 2.05) is 38.1 Å². The Labute approximate surface area is 229 Å². The molecular weight excluding hydrogens is 506 g/mol. The molecule has 0 aromatic heterocycles. The summed E-state index contributed by atoms with van der Waals surface area (Å²) in [5, 5.41) is 3.27. The van der Waals surface area contributed by atoms with E-state index in [1.54, 1.807) is 16.9 Å². The highest BCUT2D eigenvalue weighted by Crippen LogP contribution is 2.21. The van der Waals surface area contributed by atoms with Crippen LogP contribution in [0.15, 0.2) is 42.5 Å². The van der Waals surface area contributed by atoms with Crippen molar-refractivity contribution in [2.45, 2.75) is 51.8 Å². The van der Waals surface area contributed by atoms with Crippen molar-refractivity contribution < 1.29 is 27.8 Å². The van der Waals surface area contributed by atoms with Crippen molar-refractivity contribution in [1.82, 2.24) is 15.1 Å². The Morgan fingerprint density at radius 1 is 1.13 bits per heavy atom. The number of nitrogens with zero attached hydrogens (tertiary/aromatic N) is 2. The molecule has 1 fully saturated rings. The van der Waals surface area contributed by atoms with E-state index in [2.05, 4.69) is 5.32 Å². The summed E-state index contributed by atoms with van der Waals surface area (Å²) in [4.78, 5) is 29.4. The Hall–Kier alpha value is -3.24. The molecule has 3 rings (SSSR count). The summed E-state index contributed by atoms with van der Waals surface area (Å²) in [5.41, 5.74) is 7.78. The molecule has 1 saturated heterocycles. The largest absolute Gasteiger partial charge is 0.497 e. The van der Waals surface area contributed by atoms with Crippen molar-refractivity contribution in [3.05, 3.63) is 65.2 Å². The molecule has 2 aromatic carbocycles. The van der Waals surface area contributed by atoms with Crippen LogP contribution in [0.4, 0.5) is 13.6 Å². The zero-order valence-corrected chi connectivity index (χ0v) is 23.0. The molecule has 2 aromatic rings. The zero-order valence-electron chi connectivity index (χ0n) is 23.0. The third-order valence-electron chi connectivity index (χ3n) is 7.04. The second kappa shape index (κ2) is 14.8. The van der Waals surface area contributed by atoms with Crippen molar-refractivity contribution in [3.8, 4) is 5.75 Å². The number of ether oxygens (including phenoxy) is 2. The number of halogens is 2. The zero-order chi connectivity index (χ0) is 28.4. The average Bonchev–Trinajstić information content (AvgIpc) is 2.92. The minimum atomic E-state index is -0.784. The fourth-order valence-corrected chi connectivity index (χ4v) is 4.90. The van der Waals surface area contributed by atoms with Crippen LogP contribution in [0.3, 0.4) is 0 Å². The highest BCUT2D eigenvalue weighted by Gasteiger charge is 2.33. The van der Waals surface area contributed by atoms with Crippen molar-refractivity contribution in [2.24, 2.45) is 11.7 Å². The van der Waals surface area contributed by atoms with Gasteiger partial charge >= 0.3 is 6.09 Å². The first kappa shape index (κ1) is 30.3. The number of rotatable bonds is 12. The van der Waals surface area contributed by atoms with Gasteiger partial charge in [-0.15, -0.1) is 0 Å². The maximum absolute atomic E-state index is 13.8. The fraction of sp³-hybridized carbons (Fsp3) is 0.517. The molecule has 3 atom stereocenters. The summed E-state index contributed by atoms with van der Waals surface area (Å²) in [6.45, 7) is 6.56. The van der Waals surface area contributed by atoms with Crippen LogP contribution >= 0.6 is 0 Å². The summed E-state index contributed by atoms with van der Waals surface area (Å²) in [6, 6.07) is 10.1. The Morgan fingerprint density at radius 3 is 2.51 bits per heavy atom. The molecule has 3 N–H and O–H groups in total. The normalized spacial score (nSPS) is 16.9. The number of nitrogens with one attached hydrogen (secondary N) is 1. The number of carbonyl (C=O) groups is 2. The Bertz CT molecular complexity index is 1080. The number of nitrogens with two attached hydrogens (primary N) is 1. The van der Waals surface area contributed by atoms with Crippen molar-refractivity contribution in [2.75, 3.05) is 39.8 Å². The molecule has 10 heteroatoms. The summed E-state index contributed by atoms with van der Waals surface area (Å²) >= 11 is 0. The highest BCUT2D eigenvalue weighted by molar-refractivity contribution is 5.80. The van der Waals surface area contributed by atoms with Gasteiger partial charge in [-0.1, -0.05) is 12.1 Å². The van der Waals surface area contributed by atoms with E-state index in [9.17, 15) is 18.4 Å². The van der Waals surface area contributed by atoms with Crippen LogP contribution in [-0.2, 0) is 22.5 Å². The van der Waals surface area contributed by atoms with Gasteiger partial charge in [-0.2, -0.15) is 0 Å². The second-order valence-electron chi connectivity index (χ2n) is 9.85. The topological polar surface area (TPSA) is 97.1 Å². The predicted octanol–water partition coefficient (Wildman–Crippen LogP) is 3.72. The van der Waals surface area contributed by atoms with E-state index in [0.717, 1.165) is 23.8 Å². The maximum atomic E-state index is 13.8. The molecule has 1 aliphatic heterocycles. The van der Waals surface area contributed by atoms with Crippen molar-refractivity contribution in [1.29, 1.82) is 0 Å². The number of likely N-dealkylation sites (tertiary alicyclic amines) is 1. The minimum Gasteiger partial charge on any atom is -0.497 e. The fourth-order valence-electron chi connectivity index (χ4n) is 4.90. The molecular formula is C29H40F2N4O4. The van der Waals surface area contributed by atoms with Gasteiger partial charge in [-0.25, -0.2) is 13.6 Å². The van der Waals surface area contributed by atoms with Crippen LogP contribution < -0.4 is 15.8 Å². The molecule has 0 spiro atoms. The molecule has 0 saturated carbocycles. The highest BCUT2D eigenvalue weighted by atomic mass is 19.1. The Kier molecular flexibility index (Phi) is 11.5. The minimum absolute atomic E-state index is 0.0406. The summed E-state index contributed by atoms with van der Waals surface area (Å²) < 4.78 is 38.7. The van der Waals surface area contributed by atoms with Gasteiger partial charge in [-0.3, -0.25) is 4.79 Å². The summed E-state index contributed by atoms with van der Waals surface area (Å²) in [6.07, 6.45) is 0.181. The third kappa shape index (κ3) is 8.90. The van der Waals surface area contributed by atoms with Crippen LogP contribution in [0, 0.1) is 17.6 Å². The van der Waals surface area contributed by atoms with E-state index < -0.39 is 29.9 Å². The van der Waals surface area contributed by atoms with E-state index in [1.165, 1.54) is 12.1 Å². The number of benzene rings is 2. The lowest BCUT2D eigenvalue weighted by Gasteiger charge is -2.35. The van der Waals surface area contributed by atoms with Crippen molar-refractivity contribution >= 4 is 12.0 Å². The lowest BCUT2D eigenvalue weighted by atomic mass is 9.96. The van der Waals surface area contributed by atoms with Gasteiger partial charge in [0.2, 0.25) is 5.91 Å². The maximum Gasteiger partial charge on any atom is 0.410 e. The molecule has 1 unspecified atom stereocenters. The average molecular weight is 547 g/mol. The molecule has 2 amide bonds. The van der Waals surface area contributed by atoms with Gasteiger partial charge in [0.25, 0.3) is 0 Å². The number of hydrogen-bond donors (Lipinski definition) is 2. The van der Waals surface area contributed by atoms with E-state index in [0.29, 0.717) is 38.2 Å². The first-order chi connectivity index (χ1) is 18.7. The number of carbonyl (C=O) groups excluding carboxylic acids is 2. The molecule has 39 heavy (non-hydrogen) atoms. The van der Waals surface area contributed by atoms with Gasteiger partial charge in [0, 0.05) is 51.4 Å². The molecule has 1 aliphatic rings. The summed E-state index contributed by atoms with van der Waals surface area (Å²) in [7, 11) is 1.59. The van der Waals surface area contributed by atoms with Crippen LogP contribution in [0.1, 0.15) is 37.8 Å². The molecule has 0 radical (unpaired) electrons. The molecule has 1 heterocycles. The molecule has 214 valence electrons. The number of hydrogen-bond acceptors (Lipinski definition) is 6. The lowest BCUT2D eigenvalue weighted by molar-refractivity contribution is -0.136. The number of amides is 2. The van der Waals surface area contributed by atoms with Crippen LogP contribution in [-0.4, -0.2) is 73.8 Å². The predicted molar refractivity (Wildman–Crippen MR) is 145 cm³/mol. The van der Waals surface area contributed by atoms with Crippen molar-refractivity contribution in [3.63, 3.8) is 0 Å². The van der Waals surface area contributed by atoms with Gasteiger partial charge in [0.15, 0.2) is 0 Å². The quantitative estimate of drug-likeness (QED) is 0.421. The van der Waals surface area contributed by atoms with Gasteiger partial charge in [-0.05, 0) is 68.5 Å². The smallest absolute Gasteiger partial charge is 0.410 e. The standard InChI is InChI=1S/C29H40F2N4O4/c1-4-34(5-2)28(36)22-9-7-11-35(19-22)29(37)39-27(18-33-17-20-8-6-10-25(14-20)38-3)26(32)15-21-12-23(30)16-24(31)13-21/h6,8,10,12-14,16,22,26-27,33H,4-5,7,9,11,15,17-19,32H2,1-3H3/t22?,26-,27+/m0/s1. The first-order valence-corrected chi connectivity index (χ1v) is 13.5. The third-order valence-corrected chi connectivity index (χ3v) is 7.04. The molecule has 0 bridgehead atoms. The first-order valence-electron chi connectivity index (χ1n) is 13.5. The monoisotopic (exact) mass is 546 g/mol. The Balaban J connectivity index is 1.69. The molecule has 0 aliphatic carbocycles. The Morgan fingerprint density at radius 2 is 1.85 bits per heavy atom. The van der Waals surface area contributed by atoms with E-state index in [-0.39, 0.29) is 31.3 Å². The lowest BCUT2D eigenvalue weighted by Crippen LogP contribution is -2.51. The van der Waals surface area contributed by atoms with E-state index in [4.69, 9.17) is 15.2 Å². The second-order valence-corrected chi connectivity index (χ2v) is 9.85. The number of methoxy groups -OCH3 is 1. The van der Waals surface area contributed by atoms with Crippen LogP contribution in [0.5, 0.6) is 5.75 Å². The van der Waals surface area contributed by atoms with Crippen LogP contribution in [0.2, 0.25) is 0 Å². The SMILES string of the molecule is CCN(CC)C(=O)C1CCCN(C(=O)O[C@H](CNCc2cccc(OC)c2)[C@@H](N)Cc2cc(F)cc(F)c2)C1. The van der Waals surface area contributed by atoms with Gasteiger partial charge < -0.3 is 30.3 Å².